The molecule has 1 aliphatic carbocycles. The van der Waals surface area contributed by atoms with Crippen LogP contribution < -0.4 is 10.3 Å². The van der Waals surface area contributed by atoms with Gasteiger partial charge in [-0.2, -0.15) is 0 Å². The minimum atomic E-state index is -1.42. The van der Waals surface area contributed by atoms with Gasteiger partial charge in [0, 0.05) is 18.8 Å². The molecule has 2 aliphatic rings. The van der Waals surface area contributed by atoms with E-state index >= 15 is 8.78 Å². The average Bonchev–Trinajstić information content (AvgIpc) is 3.46. The fraction of sp³-hybridized carbons (Fsp3) is 0.304. The van der Waals surface area contributed by atoms with E-state index in [4.69, 9.17) is 0 Å². The van der Waals surface area contributed by atoms with E-state index in [0.717, 1.165) is 24.5 Å². The molecule has 0 spiro atoms. The highest BCUT2D eigenvalue weighted by Crippen LogP contribution is 2.43. The van der Waals surface area contributed by atoms with Gasteiger partial charge in [-0.25, -0.2) is 13.6 Å². The molecular formula is C23H20F2N2O4. The number of aromatic nitrogens is 1. The molecule has 0 amide bonds. The zero-order chi connectivity index (χ0) is 21.9. The van der Waals surface area contributed by atoms with Crippen molar-refractivity contribution in [3.8, 4) is 5.75 Å². The monoisotopic (exact) mass is 426 g/mol. The smallest absolute Gasteiger partial charge is 0.341 e. The van der Waals surface area contributed by atoms with Gasteiger partial charge in [-0.05, 0) is 49.4 Å². The highest BCUT2D eigenvalue weighted by Gasteiger charge is 2.34. The number of nitrogens with zero attached hydrogens (tertiary/aromatic N) is 2. The summed E-state index contributed by atoms with van der Waals surface area (Å²) in [6.07, 6.45) is 4.02. The molecule has 0 bridgehead atoms. The summed E-state index contributed by atoms with van der Waals surface area (Å²) in [5, 5.41) is 18.9. The van der Waals surface area contributed by atoms with Crippen molar-refractivity contribution in [3.63, 3.8) is 0 Å². The van der Waals surface area contributed by atoms with Crippen LogP contribution in [0.1, 0.15) is 53.7 Å². The third-order valence-electron chi connectivity index (χ3n) is 6.15. The Balaban J connectivity index is 1.73. The van der Waals surface area contributed by atoms with Crippen molar-refractivity contribution < 1.29 is 23.8 Å². The van der Waals surface area contributed by atoms with Crippen LogP contribution in [-0.4, -0.2) is 27.3 Å². The number of carbonyl (C=O) groups is 1. The Morgan fingerprint density at radius 1 is 1.13 bits per heavy atom. The summed E-state index contributed by atoms with van der Waals surface area (Å²) in [6, 6.07) is 7.13. The summed E-state index contributed by atoms with van der Waals surface area (Å²) in [5.74, 6) is -3.11. The number of carboxylic acids is 1. The number of carboxylic acid groups (broad SMARTS) is 1. The third kappa shape index (κ3) is 3.13. The summed E-state index contributed by atoms with van der Waals surface area (Å²) >= 11 is 0. The van der Waals surface area contributed by atoms with Crippen LogP contribution in [0.3, 0.4) is 0 Å². The van der Waals surface area contributed by atoms with E-state index in [2.05, 4.69) is 0 Å². The number of rotatable bonds is 4. The lowest BCUT2D eigenvalue weighted by Crippen LogP contribution is -2.26. The van der Waals surface area contributed by atoms with E-state index in [1.54, 1.807) is 23.1 Å². The van der Waals surface area contributed by atoms with Crippen molar-refractivity contribution in [2.75, 3.05) is 11.4 Å². The molecule has 2 N–H and O–H groups in total. The van der Waals surface area contributed by atoms with Crippen LogP contribution in [0.15, 0.2) is 41.3 Å². The Hall–Kier alpha value is -3.42. The van der Waals surface area contributed by atoms with Gasteiger partial charge < -0.3 is 19.7 Å². The number of fused-ring (bicyclic) bond motifs is 1. The number of aromatic carboxylic acids is 1. The maximum absolute atomic E-state index is 15.9. The standard InChI is InChI=1S/C23H20F2N2O4/c24-17-10-15-20(27(13-6-7-13)11-16(22(15)29)23(30)31)19(25)21(17)26-8-2-5-18(26)12-3-1-4-14(28)9-12/h1,3-4,9-11,13,18,28H,2,5-8H2,(H,30,31). The zero-order valence-corrected chi connectivity index (χ0v) is 16.5. The van der Waals surface area contributed by atoms with Gasteiger partial charge in [-0.3, -0.25) is 4.79 Å². The first-order valence-electron chi connectivity index (χ1n) is 10.2. The molecule has 1 saturated carbocycles. The zero-order valence-electron chi connectivity index (χ0n) is 16.5. The molecule has 2 heterocycles. The fourth-order valence-electron chi connectivity index (χ4n) is 4.60. The Morgan fingerprint density at radius 3 is 2.58 bits per heavy atom. The highest BCUT2D eigenvalue weighted by atomic mass is 19.1. The van der Waals surface area contributed by atoms with E-state index in [9.17, 15) is 19.8 Å². The van der Waals surface area contributed by atoms with Crippen molar-refractivity contribution in [2.24, 2.45) is 0 Å². The number of hydrogen-bond donors (Lipinski definition) is 2. The van der Waals surface area contributed by atoms with Gasteiger partial charge in [0.2, 0.25) is 5.43 Å². The van der Waals surface area contributed by atoms with Crippen LogP contribution in [0.4, 0.5) is 14.5 Å². The fourth-order valence-corrected chi connectivity index (χ4v) is 4.60. The van der Waals surface area contributed by atoms with Gasteiger partial charge >= 0.3 is 5.97 Å². The van der Waals surface area contributed by atoms with Crippen LogP contribution >= 0.6 is 0 Å². The molecular weight excluding hydrogens is 406 g/mol. The van der Waals surface area contributed by atoms with Crippen molar-refractivity contribution in [2.45, 2.75) is 37.8 Å². The first-order valence-corrected chi connectivity index (χ1v) is 10.2. The van der Waals surface area contributed by atoms with Gasteiger partial charge in [-0.15, -0.1) is 0 Å². The largest absolute Gasteiger partial charge is 0.508 e. The topological polar surface area (TPSA) is 82.8 Å². The number of anilines is 1. The molecule has 1 aromatic heterocycles. The maximum Gasteiger partial charge on any atom is 0.341 e. The summed E-state index contributed by atoms with van der Waals surface area (Å²) in [5.41, 5.74) is -0.928. The minimum Gasteiger partial charge on any atom is -0.508 e. The first kappa shape index (κ1) is 19.5. The molecule has 31 heavy (non-hydrogen) atoms. The molecule has 6 nitrogen and oxygen atoms in total. The highest BCUT2D eigenvalue weighted by molar-refractivity contribution is 5.94. The number of benzene rings is 2. The van der Waals surface area contributed by atoms with Gasteiger partial charge in [-0.1, -0.05) is 12.1 Å². The second-order valence-corrected chi connectivity index (χ2v) is 8.18. The second-order valence-electron chi connectivity index (χ2n) is 8.18. The van der Waals surface area contributed by atoms with Crippen molar-refractivity contribution >= 4 is 22.6 Å². The quantitative estimate of drug-likeness (QED) is 0.648. The van der Waals surface area contributed by atoms with E-state index in [0.29, 0.717) is 19.4 Å². The molecule has 1 saturated heterocycles. The van der Waals surface area contributed by atoms with Crippen LogP contribution in [-0.2, 0) is 0 Å². The number of phenols is 1. The molecule has 8 heteroatoms. The summed E-state index contributed by atoms with van der Waals surface area (Å²) in [4.78, 5) is 25.8. The van der Waals surface area contributed by atoms with Crippen molar-refractivity contribution in [3.05, 3.63) is 69.5 Å². The van der Waals surface area contributed by atoms with Gasteiger partial charge in [0.05, 0.1) is 16.9 Å². The molecule has 2 fully saturated rings. The van der Waals surface area contributed by atoms with Gasteiger partial charge in [0.25, 0.3) is 0 Å². The molecule has 3 aromatic rings. The van der Waals surface area contributed by atoms with E-state index in [-0.39, 0.29) is 34.4 Å². The van der Waals surface area contributed by atoms with Gasteiger partial charge in [0.15, 0.2) is 5.82 Å². The van der Waals surface area contributed by atoms with E-state index < -0.39 is 28.6 Å². The molecule has 5 rings (SSSR count). The van der Waals surface area contributed by atoms with Crippen LogP contribution in [0.25, 0.3) is 10.9 Å². The number of hydrogen-bond acceptors (Lipinski definition) is 4. The van der Waals surface area contributed by atoms with Crippen molar-refractivity contribution in [1.29, 1.82) is 0 Å². The average molecular weight is 426 g/mol. The third-order valence-corrected chi connectivity index (χ3v) is 6.15. The molecule has 1 aliphatic heterocycles. The Labute approximate surface area is 176 Å². The van der Waals surface area contributed by atoms with Crippen molar-refractivity contribution in [1.82, 2.24) is 4.57 Å². The normalized spacial score (nSPS) is 18.6. The number of pyridine rings is 1. The van der Waals surface area contributed by atoms with Crippen LogP contribution in [0.5, 0.6) is 5.75 Å². The van der Waals surface area contributed by atoms with Crippen LogP contribution in [0, 0.1) is 11.6 Å². The summed E-state index contributed by atoms with van der Waals surface area (Å²) < 4.78 is 32.6. The number of aromatic hydroxyl groups is 1. The van der Waals surface area contributed by atoms with E-state index in [1.807, 2.05) is 0 Å². The first-order chi connectivity index (χ1) is 14.9. The molecule has 1 unspecified atom stereocenters. The lowest BCUT2D eigenvalue weighted by molar-refractivity contribution is 0.0694. The van der Waals surface area contributed by atoms with Gasteiger partial charge in [0.1, 0.15) is 22.8 Å². The minimum absolute atomic E-state index is 0.0598. The Bertz CT molecular complexity index is 1280. The lowest BCUT2D eigenvalue weighted by Gasteiger charge is -2.29. The predicted molar refractivity (Wildman–Crippen MR) is 111 cm³/mol. The Morgan fingerprint density at radius 2 is 1.90 bits per heavy atom. The lowest BCUT2D eigenvalue weighted by atomic mass is 10.0. The van der Waals surface area contributed by atoms with Crippen LogP contribution in [0.2, 0.25) is 0 Å². The second kappa shape index (κ2) is 7.08. The number of phenolic OH excluding ortho intramolecular Hbond substituents is 1. The number of halogens is 2. The summed E-state index contributed by atoms with van der Waals surface area (Å²) in [7, 11) is 0. The van der Waals surface area contributed by atoms with E-state index in [1.165, 1.54) is 16.8 Å². The maximum atomic E-state index is 15.9. The predicted octanol–water partition coefficient (Wildman–Crippen LogP) is 4.36. The molecule has 1 atom stereocenters. The SMILES string of the molecule is O=C(O)c1cn(C2CC2)c2c(F)c(N3CCCC3c3cccc(O)c3)c(F)cc2c1=O. The molecule has 160 valence electrons. The molecule has 2 aromatic carbocycles. The summed E-state index contributed by atoms with van der Waals surface area (Å²) in [6.45, 7) is 0.417. The Kier molecular flexibility index (Phi) is 4.46. The molecule has 0 radical (unpaired) electrons.